The van der Waals surface area contributed by atoms with Crippen LogP contribution >= 0.6 is 11.6 Å². The van der Waals surface area contributed by atoms with Gasteiger partial charge in [0.25, 0.3) is 0 Å². The fourth-order valence-electron chi connectivity index (χ4n) is 1.84. The van der Waals surface area contributed by atoms with Gasteiger partial charge in [0, 0.05) is 11.1 Å². The van der Waals surface area contributed by atoms with Gasteiger partial charge in [0.15, 0.2) is 11.5 Å². The number of benzene rings is 2. The van der Waals surface area contributed by atoms with Crippen LogP contribution in [0.25, 0.3) is 0 Å². The standard InChI is InChI=1S/C15H13ClO4/c16-11-2-1-3-12(8-11)17-6-7-18-13-4-5-14-15(9-13)20-10-19-14/h1-5,8-9H,6-7,10H2. The van der Waals surface area contributed by atoms with Crippen molar-refractivity contribution in [3.05, 3.63) is 47.5 Å². The zero-order chi connectivity index (χ0) is 13.8. The first-order valence-corrected chi connectivity index (χ1v) is 6.60. The number of hydrogen-bond acceptors (Lipinski definition) is 4. The van der Waals surface area contributed by atoms with Crippen LogP contribution in [0.15, 0.2) is 42.5 Å². The fraction of sp³-hybridized carbons (Fsp3) is 0.200. The number of hydrogen-bond donors (Lipinski definition) is 0. The van der Waals surface area contributed by atoms with E-state index >= 15 is 0 Å². The maximum absolute atomic E-state index is 5.87. The normalized spacial score (nSPS) is 12.2. The summed E-state index contributed by atoms with van der Waals surface area (Å²) < 4.78 is 21.6. The van der Waals surface area contributed by atoms with Crippen molar-refractivity contribution < 1.29 is 18.9 Å². The van der Waals surface area contributed by atoms with E-state index in [1.54, 1.807) is 12.1 Å². The van der Waals surface area contributed by atoms with Crippen LogP contribution in [-0.4, -0.2) is 20.0 Å². The predicted molar refractivity (Wildman–Crippen MR) is 75.0 cm³/mol. The van der Waals surface area contributed by atoms with Crippen LogP contribution in [0.3, 0.4) is 0 Å². The summed E-state index contributed by atoms with van der Waals surface area (Å²) in [6, 6.07) is 12.7. The van der Waals surface area contributed by atoms with Gasteiger partial charge in [0.05, 0.1) is 0 Å². The van der Waals surface area contributed by atoms with E-state index in [0.29, 0.717) is 24.0 Å². The van der Waals surface area contributed by atoms with Gasteiger partial charge in [0.2, 0.25) is 6.79 Å². The van der Waals surface area contributed by atoms with Gasteiger partial charge in [-0.15, -0.1) is 0 Å². The summed E-state index contributed by atoms with van der Waals surface area (Å²) in [6.07, 6.45) is 0. The molecule has 0 fully saturated rings. The first-order valence-electron chi connectivity index (χ1n) is 6.22. The molecule has 0 saturated heterocycles. The van der Waals surface area contributed by atoms with E-state index in [0.717, 1.165) is 17.2 Å². The molecule has 2 aromatic carbocycles. The minimum absolute atomic E-state index is 0.261. The smallest absolute Gasteiger partial charge is 0.231 e. The van der Waals surface area contributed by atoms with Gasteiger partial charge >= 0.3 is 0 Å². The molecule has 0 radical (unpaired) electrons. The molecule has 104 valence electrons. The summed E-state index contributed by atoms with van der Waals surface area (Å²) in [7, 11) is 0. The molecule has 0 amide bonds. The van der Waals surface area contributed by atoms with Gasteiger partial charge in [-0.3, -0.25) is 0 Å². The third-order valence-corrected chi connectivity index (χ3v) is 3.00. The minimum atomic E-state index is 0.261. The zero-order valence-electron chi connectivity index (χ0n) is 10.7. The zero-order valence-corrected chi connectivity index (χ0v) is 11.4. The number of halogens is 1. The molecule has 1 aliphatic heterocycles. The first kappa shape index (κ1) is 12.9. The van der Waals surface area contributed by atoms with E-state index in [4.69, 9.17) is 30.5 Å². The quantitative estimate of drug-likeness (QED) is 0.790. The summed E-state index contributed by atoms with van der Waals surface area (Å²) in [5.74, 6) is 2.90. The highest BCUT2D eigenvalue weighted by molar-refractivity contribution is 6.30. The molecule has 0 unspecified atom stereocenters. The molecule has 0 aromatic heterocycles. The molecule has 1 aliphatic rings. The van der Waals surface area contributed by atoms with Crippen LogP contribution in [0.1, 0.15) is 0 Å². The monoisotopic (exact) mass is 292 g/mol. The third-order valence-electron chi connectivity index (χ3n) is 2.76. The molecule has 0 bridgehead atoms. The number of rotatable bonds is 5. The van der Waals surface area contributed by atoms with E-state index < -0.39 is 0 Å². The van der Waals surface area contributed by atoms with Crippen molar-refractivity contribution in [3.8, 4) is 23.0 Å². The van der Waals surface area contributed by atoms with Crippen molar-refractivity contribution in [2.45, 2.75) is 0 Å². The third kappa shape index (κ3) is 3.08. The minimum Gasteiger partial charge on any atom is -0.490 e. The molecule has 3 rings (SSSR count). The Hall–Kier alpha value is -2.07. The Bertz CT molecular complexity index is 600. The van der Waals surface area contributed by atoms with Crippen LogP contribution < -0.4 is 18.9 Å². The summed E-state index contributed by atoms with van der Waals surface area (Å²) >= 11 is 5.87. The second kappa shape index (κ2) is 5.92. The molecule has 0 atom stereocenters. The molecule has 0 saturated carbocycles. The van der Waals surface area contributed by atoms with Gasteiger partial charge in [-0.2, -0.15) is 0 Å². The van der Waals surface area contributed by atoms with Crippen molar-refractivity contribution >= 4 is 11.6 Å². The molecular weight excluding hydrogens is 280 g/mol. The molecular formula is C15H13ClO4. The molecule has 0 aliphatic carbocycles. The van der Waals surface area contributed by atoms with Crippen LogP contribution in [0.5, 0.6) is 23.0 Å². The Labute approximate surface area is 121 Å². The van der Waals surface area contributed by atoms with Crippen molar-refractivity contribution in [1.29, 1.82) is 0 Å². The van der Waals surface area contributed by atoms with Crippen LogP contribution in [-0.2, 0) is 0 Å². The second-order valence-electron chi connectivity index (χ2n) is 4.17. The lowest BCUT2D eigenvalue weighted by Crippen LogP contribution is -2.08. The first-order chi connectivity index (χ1) is 9.81. The average Bonchev–Trinajstić information content (AvgIpc) is 2.91. The van der Waals surface area contributed by atoms with Gasteiger partial charge in [-0.05, 0) is 30.3 Å². The summed E-state index contributed by atoms with van der Waals surface area (Å²) in [5, 5.41) is 0.652. The summed E-state index contributed by atoms with van der Waals surface area (Å²) in [5.41, 5.74) is 0. The highest BCUT2D eigenvalue weighted by atomic mass is 35.5. The Morgan fingerprint density at radius 1 is 0.900 bits per heavy atom. The van der Waals surface area contributed by atoms with Gasteiger partial charge < -0.3 is 18.9 Å². The Balaban J connectivity index is 1.48. The lowest BCUT2D eigenvalue weighted by molar-refractivity contribution is 0.173. The summed E-state index contributed by atoms with van der Waals surface area (Å²) in [6.45, 7) is 1.14. The molecule has 4 nitrogen and oxygen atoms in total. The van der Waals surface area contributed by atoms with Crippen molar-refractivity contribution in [3.63, 3.8) is 0 Å². The lowest BCUT2D eigenvalue weighted by Gasteiger charge is -2.09. The van der Waals surface area contributed by atoms with Gasteiger partial charge in [0.1, 0.15) is 24.7 Å². The Morgan fingerprint density at radius 2 is 1.65 bits per heavy atom. The van der Waals surface area contributed by atoms with E-state index in [2.05, 4.69) is 0 Å². The van der Waals surface area contributed by atoms with Crippen molar-refractivity contribution in [2.24, 2.45) is 0 Å². The highest BCUT2D eigenvalue weighted by Gasteiger charge is 2.13. The molecule has 20 heavy (non-hydrogen) atoms. The van der Waals surface area contributed by atoms with Crippen molar-refractivity contribution in [2.75, 3.05) is 20.0 Å². The maximum atomic E-state index is 5.87. The SMILES string of the molecule is Clc1cccc(OCCOc2ccc3c(c2)OCO3)c1. The molecule has 0 N–H and O–H groups in total. The molecule has 1 heterocycles. The Kier molecular flexibility index (Phi) is 3.83. The van der Waals surface area contributed by atoms with Crippen molar-refractivity contribution in [1.82, 2.24) is 0 Å². The van der Waals surface area contributed by atoms with Gasteiger partial charge in [-0.25, -0.2) is 0 Å². The summed E-state index contributed by atoms with van der Waals surface area (Å²) in [4.78, 5) is 0. The number of fused-ring (bicyclic) bond motifs is 1. The van der Waals surface area contributed by atoms with Gasteiger partial charge in [-0.1, -0.05) is 17.7 Å². The van der Waals surface area contributed by atoms with Crippen LogP contribution in [0, 0.1) is 0 Å². The molecule has 2 aromatic rings. The molecule has 0 spiro atoms. The second-order valence-corrected chi connectivity index (χ2v) is 4.61. The lowest BCUT2D eigenvalue weighted by atomic mass is 10.3. The van der Waals surface area contributed by atoms with E-state index in [1.165, 1.54) is 0 Å². The predicted octanol–water partition coefficient (Wildman–Crippen LogP) is 3.53. The maximum Gasteiger partial charge on any atom is 0.231 e. The average molecular weight is 293 g/mol. The molecule has 5 heteroatoms. The fourth-order valence-corrected chi connectivity index (χ4v) is 2.02. The van der Waals surface area contributed by atoms with E-state index in [9.17, 15) is 0 Å². The van der Waals surface area contributed by atoms with E-state index in [-0.39, 0.29) is 6.79 Å². The number of ether oxygens (including phenoxy) is 4. The highest BCUT2D eigenvalue weighted by Crippen LogP contribution is 2.35. The van der Waals surface area contributed by atoms with Crippen LogP contribution in [0.4, 0.5) is 0 Å². The van der Waals surface area contributed by atoms with Crippen LogP contribution in [0.2, 0.25) is 5.02 Å². The largest absolute Gasteiger partial charge is 0.490 e. The topological polar surface area (TPSA) is 36.9 Å². The van der Waals surface area contributed by atoms with E-state index in [1.807, 2.05) is 30.3 Å². The Morgan fingerprint density at radius 3 is 2.45 bits per heavy atom.